The molecule has 2 aromatic carbocycles. The molecule has 2 nitrogen and oxygen atoms in total. The molecule has 0 spiro atoms. The summed E-state index contributed by atoms with van der Waals surface area (Å²) in [5, 5.41) is 0. The molecule has 2 fully saturated rings. The summed E-state index contributed by atoms with van der Waals surface area (Å²) in [7, 11) is 0. The van der Waals surface area contributed by atoms with Crippen molar-refractivity contribution in [2.45, 2.75) is 64.9 Å². The molecule has 2 heteroatoms. The highest BCUT2D eigenvalue weighted by molar-refractivity contribution is 5.79. The van der Waals surface area contributed by atoms with Crippen LogP contribution in [0.3, 0.4) is 0 Å². The van der Waals surface area contributed by atoms with Crippen LogP contribution in [0.5, 0.6) is 5.75 Å². The third-order valence-electron chi connectivity index (χ3n) is 8.44. The topological polar surface area (TPSA) is 26.3 Å². The molecule has 2 aromatic rings. The summed E-state index contributed by atoms with van der Waals surface area (Å²) in [4.78, 5) is 12.3. The highest BCUT2D eigenvalue weighted by Crippen LogP contribution is 2.63. The Labute approximate surface area is 174 Å². The Morgan fingerprint density at radius 3 is 2.69 bits per heavy atom. The summed E-state index contributed by atoms with van der Waals surface area (Å²) in [6, 6.07) is 17.2. The Morgan fingerprint density at radius 1 is 1.07 bits per heavy atom. The molecule has 5 atom stereocenters. The molecule has 152 valence electrons. The Morgan fingerprint density at radius 2 is 1.90 bits per heavy atom. The van der Waals surface area contributed by atoms with Gasteiger partial charge in [0.05, 0.1) is 0 Å². The second-order valence-electron chi connectivity index (χ2n) is 9.84. The van der Waals surface area contributed by atoms with E-state index in [0.29, 0.717) is 24.2 Å². The monoisotopic (exact) mass is 388 g/mol. The van der Waals surface area contributed by atoms with Crippen LogP contribution >= 0.6 is 0 Å². The standard InChI is InChI=1S/C27H32O2/c1-18(28)25-12-13-26-24-10-8-20-16-21(29-17-19-6-4-3-5-7-19)9-11-22(20)23(24)14-15-27(25,26)2/h3-7,9,11,16,23-26H,8,10,12-15,17H2,1-2H3/t23-,24-,25-,26+,27-/m1/s1. The van der Waals surface area contributed by atoms with Gasteiger partial charge in [-0.2, -0.15) is 0 Å². The molecule has 0 unspecified atom stereocenters. The van der Waals surface area contributed by atoms with E-state index in [2.05, 4.69) is 49.4 Å². The van der Waals surface area contributed by atoms with Gasteiger partial charge in [0.2, 0.25) is 0 Å². The van der Waals surface area contributed by atoms with Gasteiger partial charge in [0.1, 0.15) is 18.1 Å². The van der Waals surface area contributed by atoms with Gasteiger partial charge in [0.25, 0.3) is 0 Å². The van der Waals surface area contributed by atoms with Crippen molar-refractivity contribution in [3.63, 3.8) is 0 Å². The first-order valence-corrected chi connectivity index (χ1v) is 11.4. The highest BCUT2D eigenvalue weighted by Gasteiger charge is 2.55. The minimum atomic E-state index is 0.239. The molecule has 0 saturated heterocycles. The molecule has 0 aliphatic heterocycles. The number of fused-ring (bicyclic) bond motifs is 5. The fourth-order valence-electron chi connectivity index (χ4n) is 7.06. The summed E-state index contributed by atoms with van der Waals surface area (Å²) in [5.74, 6) is 3.85. The lowest BCUT2D eigenvalue weighted by Gasteiger charge is -2.50. The zero-order valence-electron chi connectivity index (χ0n) is 17.7. The lowest BCUT2D eigenvalue weighted by molar-refractivity contribution is -0.125. The van der Waals surface area contributed by atoms with Gasteiger partial charge in [0.15, 0.2) is 0 Å². The zero-order valence-corrected chi connectivity index (χ0v) is 17.7. The molecule has 29 heavy (non-hydrogen) atoms. The van der Waals surface area contributed by atoms with Gasteiger partial charge in [-0.25, -0.2) is 0 Å². The zero-order chi connectivity index (χ0) is 20.0. The first-order valence-electron chi connectivity index (χ1n) is 11.4. The summed E-state index contributed by atoms with van der Waals surface area (Å²) in [6.07, 6.45) is 7.21. The van der Waals surface area contributed by atoms with Crippen molar-refractivity contribution in [3.8, 4) is 5.75 Å². The van der Waals surface area contributed by atoms with Crippen molar-refractivity contribution in [1.82, 2.24) is 0 Å². The van der Waals surface area contributed by atoms with Crippen LogP contribution in [0.25, 0.3) is 0 Å². The predicted molar refractivity (Wildman–Crippen MR) is 116 cm³/mol. The van der Waals surface area contributed by atoms with E-state index in [1.807, 2.05) is 13.0 Å². The van der Waals surface area contributed by atoms with Crippen molar-refractivity contribution >= 4 is 5.78 Å². The Kier molecular flexibility index (Phi) is 4.76. The summed E-state index contributed by atoms with van der Waals surface area (Å²) < 4.78 is 6.08. The quantitative estimate of drug-likeness (QED) is 0.612. The number of rotatable bonds is 4. The minimum Gasteiger partial charge on any atom is -0.489 e. The molecule has 0 heterocycles. The number of Topliss-reactive ketones (excluding diaryl/α,β-unsaturated/α-hetero) is 1. The van der Waals surface area contributed by atoms with Crippen molar-refractivity contribution in [1.29, 1.82) is 0 Å². The average molecular weight is 389 g/mol. The Hall–Kier alpha value is -2.09. The summed E-state index contributed by atoms with van der Waals surface area (Å²) in [6.45, 7) is 4.86. The fourth-order valence-corrected chi connectivity index (χ4v) is 7.06. The number of carbonyl (C=O) groups excluding carboxylic acids is 1. The van der Waals surface area contributed by atoms with E-state index < -0.39 is 0 Å². The third kappa shape index (κ3) is 3.21. The van der Waals surface area contributed by atoms with Crippen LogP contribution in [-0.4, -0.2) is 5.78 Å². The second kappa shape index (κ2) is 7.31. The predicted octanol–water partition coefficient (Wildman–Crippen LogP) is 6.33. The maximum atomic E-state index is 12.3. The largest absolute Gasteiger partial charge is 0.489 e. The maximum absolute atomic E-state index is 12.3. The molecule has 0 N–H and O–H groups in total. The molecule has 2 saturated carbocycles. The van der Waals surface area contributed by atoms with Crippen LogP contribution in [0.1, 0.15) is 68.6 Å². The SMILES string of the molecule is CC(=O)[C@H]1CC[C@H]2[C@@H]3CCc4cc(OCc5ccccc5)ccc4[C@H]3CC[C@]12C. The van der Waals surface area contributed by atoms with E-state index in [0.717, 1.165) is 30.4 Å². The number of ether oxygens (including phenoxy) is 1. The van der Waals surface area contributed by atoms with Crippen LogP contribution in [-0.2, 0) is 17.8 Å². The summed E-state index contributed by atoms with van der Waals surface area (Å²) >= 11 is 0. The van der Waals surface area contributed by atoms with Gasteiger partial charge in [-0.3, -0.25) is 4.79 Å². The fraction of sp³-hybridized carbons (Fsp3) is 0.519. The van der Waals surface area contributed by atoms with E-state index in [1.54, 1.807) is 5.56 Å². The highest BCUT2D eigenvalue weighted by atomic mass is 16.5. The summed E-state index contributed by atoms with van der Waals surface area (Å²) in [5.41, 5.74) is 4.49. The number of carbonyl (C=O) groups is 1. The van der Waals surface area contributed by atoms with Gasteiger partial charge in [-0.15, -0.1) is 0 Å². The molecule has 3 aliphatic rings. The van der Waals surface area contributed by atoms with Crippen LogP contribution in [0.2, 0.25) is 0 Å². The van der Waals surface area contributed by atoms with E-state index in [4.69, 9.17) is 4.74 Å². The number of aryl methyl sites for hydroxylation is 1. The van der Waals surface area contributed by atoms with Crippen LogP contribution in [0, 0.1) is 23.2 Å². The number of hydrogen-bond donors (Lipinski definition) is 0. The molecule has 0 bridgehead atoms. The van der Waals surface area contributed by atoms with Gasteiger partial charge < -0.3 is 4.74 Å². The lowest BCUT2D eigenvalue weighted by atomic mass is 9.54. The first kappa shape index (κ1) is 18.9. The third-order valence-corrected chi connectivity index (χ3v) is 8.44. The van der Waals surface area contributed by atoms with E-state index in [1.165, 1.54) is 36.8 Å². The first-order chi connectivity index (χ1) is 14.1. The maximum Gasteiger partial charge on any atom is 0.133 e. The molecular weight excluding hydrogens is 356 g/mol. The van der Waals surface area contributed by atoms with Crippen LogP contribution in [0.4, 0.5) is 0 Å². The Balaban J connectivity index is 1.34. The molecule has 0 radical (unpaired) electrons. The van der Waals surface area contributed by atoms with Gasteiger partial charge in [-0.05, 0) is 97.4 Å². The number of ketones is 1. The smallest absolute Gasteiger partial charge is 0.133 e. The Bertz CT molecular complexity index is 902. The van der Waals surface area contributed by atoms with Gasteiger partial charge in [-0.1, -0.05) is 43.3 Å². The average Bonchev–Trinajstić information content (AvgIpc) is 3.10. The number of hydrogen-bond acceptors (Lipinski definition) is 2. The van der Waals surface area contributed by atoms with Gasteiger partial charge in [0, 0.05) is 5.92 Å². The number of benzene rings is 2. The van der Waals surface area contributed by atoms with Crippen LogP contribution < -0.4 is 4.74 Å². The van der Waals surface area contributed by atoms with Crippen molar-refractivity contribution < 1.29 is 9.53 Å². The molecule has 0 aromatic heterocycles. The lowest BCUT2D eigenvalue weighted by Crippen LogP contribution is -2.43. The van der Waals surface area contributed by atoms with E-state index in [-0.39, 0.29) is 5.41 Å². The van der Waals surface area contributed by atoms with Crippen molar-refractivity contribution in [2.24, 2.45) is 23.2 Å². The normalized spacial score (nSPS) is 32.8. The van der Waals surface area contributed by atoms with E-state index >= 15 is 0 Å². The molecule has 0 amide bonds. The van der Waals surface area contributed by atoms with E-state index in [9.17, 15) is 4.79 Å². The van der Waals surface area contributed by atoms with Crippen molar-refractivity contribution in [3.05, 3.63) is 65.2 Å². The second-order valence-corrected chi connectivity index (χ2v) is 9.84. The molecular formula is C27H32O2. The molecule has 3 aliphatic carbocycles. The molecule has 5 rings (SSSR count). The minimum absolute atomic E-state index is 0.239. The van der Waals surface area contributed by atoms with Gasteiger partial charge >= 0.3 is 0 Å². The van der Waals surface area contributed by atoms with Crippen molar-refractivity contribution in [2.75, 3.05) is 0 Å². The van der Waals surface area contributed by atoms with Crippen LogP contribution in [0.15, 0.2) is 48.5 Å².